The highest BCUT2D eigenvalue weighted by Crippen LogP contribution is 2.59. The van der Waals surface area contributed by atoms with E-state index in [9.17, 15) is 19.5 Å². The lowest BCUT2D eigenvalue weighted by atomic mass is 9.66. The summed E-state index contributed by atoms with van der Waals surface area (Å²) in [6, 6.07) is 6.58. The van der Waals surface area contributed by atoms with Gasteiger partial charge in [0.1, 0.15) is 24.1 Å². The van der Waals surface area contributed by atoms with E-state index in [0.717, 1.165) is 5.57 Å². The lowest BCUT2D eigenvalue weighted by Gasteiger charge is -2.45. The van der Waals surface area contributed by atoms with Gasteiger partial charge in [-0.1, -0.05) is 26.3 Å². The van der Waals surface area contributed by atoms with Gasteiger partial charge in [0.05, 0.1) is 23.7 Å². The van der Waals surface area contributed by atoms with Crippen LogP contribution in [0.1, 0.15) is 64.7 Å². The topological polar surface area (TPSA) is 108 Å². The summed E-state index contributed by atoms with van der Waals surface area (Å²) in [6.45, 7) is 10.1. The third-order valence-electron chi connectivity index (χ3n) is 7.54. The molecule has 8 heteroatoms. The van der Waals surface area contributed by atoms with Crippen LogP contribution in [0.5, 0.6) is 5.75 Å². The molecular weight excluding hydrogens is 452 g/mol. The molecule has 2 aliphatic carbocycles. The van der Waals surface area contributed by atoms with Crippen LogP contribution in [0, 0.1) is 17.3 Å². The Kier molecular flexibility index (Phi) is 7.65. The molecule has 2 aliphatic rings. The van der Waals surface area contributed by atoms with Gasteiger partial charge in [-0.3, -0.25) is 9.59 Å². The molecule has 0 aliphatic heterocycles. The number of ether oxygens (including phenoxy) is 4. The molecule has 8 nitrogen and oxygen atoms in total. The van der Waals surface area contributed by atoms with E-state index in [1.165, 1.54) is 13.8 Å². The molecule has 0 amide bonds. The van der Waals surface area contributed by atoms with Gasteiger partial charge >= 0.3 is 17.9 Å². The zero-order valence-electron chi connectivity index (χ0n) is 21.5. The first-order valence-corrected chi connectivity index (χ1v) is 11.9. The van der Waals surface area contributed by atoms with Crippen molar-refractivity contribution >= 4 is 17.9 Å². The monoisotopic (exact) mass is 488 g/mol. The van der Waals surface area contributed by atoms with E-state index in [0.29, 0.717) is 17.7 Å². The summed E-state index contributed by atoms with van der Waals surface area (Å²) >= 11 is 0. The second-order valence-corrected chi connectivity index (χ2v) is 10.2. The fraction of sp³-hybridized carbons (Fsp3) is 0.593. The van der Waals surface area contributed by atoms with E-state index in [1.807, 2.05) is 33.8 Å². The maximum absolute atomic E-state index is 13.2. The molecule has 1 aromatic rings. The summed E-state index contributed by atoms with van der Waals surface area (Å²) < 4.78 is 22.7. The van der Waals surface area contributed by atoms with E-state index in [2.05, 4.69) is 0 Å². The van der Waals surface area contributed by atoms with Crippen molar-refractivity contribution in [3.05, 3.63) is 41.5 Å². The van der Waals surface area contributed by atoms with Crippen LogP contribution in [0.4, 0.5) is 0 Å². The number of carbonyl (C=O) groups excluding carboxylic acids is 3. The maximum Gasteiger partial charge on any atom is 0.338 e. The molecular formula is C27H36O8. The highest BCUT2D eigenvalue weighted by molar-refractivity contribution is 5.89. The number of benzene rings is 1. The first kappa shape index (κ1) is 26.7. The summed E-state index contributed by atoms with van der Waals surface area (Å²) in [5.74, 6) is -1.86. The van der Waals surface area contributed by atoms with Crippen molar-refractivity contribution in [1.82, 2.24) is 0 Å². The van der Waals surface area contributed by atoms with Crippen molar-refractivity contribution < 1.29 is 38.4 Å². The predicted octanol–water partition coefficient (Wildman–Crippen LogP) is 3.85. The van der Waals surface area contributed by atoms with Gasteiger partial charge in [-0.2, -0.15) is 0 Å². The van der Waals surface area contributed by atoms with Crippen LogP contribution in [0.3, 0.4) is 0 Å². The minimum absolute atomic E-state index is 0.132. The predicted molar refractivity (Wildman–Crippen MR) is 128 cm³/mol. The molecule has 1 aromatic carbocycles. The molecule has 192 valence electrons. The average molecular weight is 489 g/mol. The lowest BCUT2D eigenvalue weighted by Crippen LogP contribution is -2.54. The van der Waals surface area contributed by atoms with E-state index >= 15 is 0 Å². The molecule has 1 N–H and O–H groups in total. The van der Waals surface area contributed by atoms with Crippen molar-refractivity contribution in [1.29, 1.82) is 0 Å². The van der Waals surface area contributed by atoms with Gasteiger partial charge in [-0.25, -0.2) is 4.79 Å². The van der Waals surface area contributed by atoms with Crippen LogP contribution in [-0.4, -0.2) is 54.0 Å². The largest absolute Gasteiger partial charge is 0.497 e. The number of rotatable bonds is 6. The molecule has 1 saturated carbocycles. The second kappa shape index (κ2) is 10.0. The van der Waals surface area contributed by atoms with Crippen LogP contribution < -0.4 is 4.74 Å². The summed E-state index contributed by atoms with van der Waals surface area (Å²) in [4.78, 5) is 37.3. The Balaban J connectivity index is 2.10. The lowest BCUT2D eigenvalue weighted by molar-refractivity contribution is -0.174. The van der Waals surface area contributed by atoms with Gasteiger partial charge in [-0.05, 0) is 43.2 Å². The molecule has 0 bridgehead atoms. The SMILES string of the molecule is COc1ccc(C(=O)O[C@H]2CC(C)=C[C@H](OC(C)=O)[C@]3(C)[C@@H]2[C@](O)(C(C)C)C[C@H]3OC(C)=O)cc1. The highest BCUT2D eigenvalue weighted by atomic mass is 16.6. The zero-order chi connectivity index (χ0) is 26.1. The first-order chi connectivity index (χ1) is 16.3. The number of aliphatic hydroxyl groups is 1. The van der Waals surface area contributed by atoms with Crippen molar-refractivity contribution in [2.45, 2.75) is 78.3 Å². The average Bonchev–Trinajstić information content (AvgIpc) is 2.93. The van der Waals surface area contributed by atoms with E-state index in [4.69, 9.17) is 18.9 Å². The number of hydrogen-bond acceptors (Lipinski definition) is 8. The van der Waals surface area contributed by atoms with E-state index in [1.54, 1.807) is 31.4 Å². The Morgan fingerprint density at radius 2 is 1.63 bits per heavy atom. The Labute approximate surface area is 206 Å². The van der Waals surface area contributed by atoms with Crippen LogP contribution in [0.25, 0.3) is 0 Å². The number of fused-ring (bicyclic) bond motifs is 1. The van der Waals surface area contributed by atoms with Crippen molar-refractivity contribution in [3.8, 4) is 5.75 Å². The Hall–Kier alpha value is -2.87. The van der Waals surface area contributed by atoms with Gasteiger partial charge in [0.25, 0.3) is 0 Å². The smallest absolute Gasteiger partial charge is 0.338 e. The Bertz CT molecular complexity index is 997. The fourth-order valence-electron chi connectivity index (χ4n) is 5.75. The minimum atomic E-state index is -1.35. The number of methoxy groups -OCH3 is 1. The van der Waals surface area contributed by atoms with Crippen molar-refractivity contribution in [2.24, 2.45) is 17.3 Å². The minimum Gasteiger partial charge on any atom is -0.497 e. The Morgan fingerprint density at radius 3 is 2.14 bits per heavy atom. The first-order valence-electron chi connectivity index (χ1n) is 11.9. The molecule has 0 spiro atoms. The molecule has 0 aromatic heterocycles. The summed E-state index contributed by atoms with van der Waals surface area (Å²) in [7, 11) is 1.54. The van der Waals surface area contributed by atoms with Gasteiger partial charge in [0.15, 0.2) is 0 Å². The molecule has 6 atom stereocenters. The van der Waals surface area contributed by atoms with Gasteiger partial charge in [0.2, 0.25) is 0 Å². The molecule has 0 saturated heterocycles. The quantitative estimate of drug-likeness (QED) is 0.365. The van der Waals surface area contributed by atoms with Gasteiger partial charge < -0.3 is 24.1 Å². The molecule has 0 unspecified atom stereocenters. The normalized spacial score (nSPS) is 32.2. The summed E-state index contributed by atoms with van der Waals surface area (Å²) in [5, 5.41) is 12.0. The number of carbonyl (C=O) groups is 3. The van der Waals surface area contributed by atoms with Gasteiger partial charge in [0, 0.05) is 32.6 Å². The summed E-state index contributed by atoms with van der Waals surface area (Å²) in [5.41, 5.74) is -1.21. The maximum atomic E-state index is 13.2. The third kappa shape index (κ3) is 5.08. The molecule has 1 fully saturated rings. The van der Waals surface area contributed by atoms with E-state index in [-0.39, 0.29) is 12.3 Å². The van der Waals surface area contributed by atoms with Crippen molar-refractivity contribution in [2.75, 3.05) is 7.11 Å². The molecule has 0 radical (unpaired) electrons. The summed E-state index contributed by atoms with van der Waals surface area (Å²) in [6.07, 6.45) is -0.00990. The van der Waals surface area contributed by atoms with Crippen LogP contribution in [-0.2, 0) is 23.8 Å². The van der Waals surface area contributed by atoms with Gasteiger partial charge in [-0.15, -0.1) is 0 Å². The van der Waals surface area contributed by atoms with E-state index < -0.39 is 53.2 Å². The van der Waals surface area contributed by atoms with Crippen molar-refractivity contribution in [3.63, 3.8) is 0 Å². The van der Waals surface area contributed by atoms with Crippen LogP contribution in [0.2, 0.25) is 0 Å². The molecule has 0 heterocycles. The fourth-order valence-corrected chi connectivity index (χ4v) is 5.75. The second-order valence-electron chi connectivity index (χ2n) is 10.2. The Morgan fingerprint density at radius 1 is 1.03 bits per heavy atom. The third-order valence-corrected chi connectivity index (χ3v) is 7.54. The van der Waals surface area contributed by atoms with Crippen LogP contribution >= 0.6 is 0 Å². The molecule has 3 rings (SSSR count). The van der Waals surface area contributed by atoms with Crippen LogP contribution in [0.15, 0.2) is 35.9 Å². The molecule has 35 heavy (non-hydrogen) atoms. The zero-order valence-corrected chi connectivity index (χ0v) is 21.5. The number of hydrogen-bond donors (Lipinski definition) is 1. The highest BCUT2D eigenvalue weighted by Gasteiger charge is 2.68. The standard InChI is InChI=1S/C27H36O8/c1-15(2)27(31)14-23(34-18(5)29)26(6)22(33-17(4)28)13-16(3)12-21(24(26)27)35-25(30)19-8-10-20(32-7)11-9-19/h8-11,13,15,21-24,31H,12,14H2,1-7H3/t21-,22-,23+,24+,26-,27+/m0/s1. The number of esters is 3.